The van der Waals surface area contributed by atoms with Gasteiger partial charge < -0.3 is 9.94 Å². The smallest absolute Gasteiger partial charge is 0.410 e. The predicted octanol–water partition coefficient (Wildman–Crippen LogP) is 2.69. The van der Waals surface area contributed by atoms with Crippen LogP contribution in [0.1, 0.15) is 24.5 Å². The van der Waals surface area contributed by atoms with Crippen molar-refractivity contribution in [1.82, 2.24) is 4.90 Å². The van der Waals surface area contributed by atoms with Gasteiger partial charge >= 0.3 is 6.09 Å². The molecule has 1 saturated heterocycles. The van der Waals surface area contributed by atoms with E-state index in [4.69, 9.17) is 4.84 Å². The van der Waals surface area contributed by atoms with Gasteiger partial charge in [-0.15, -0.1) is 0 Å². The monoisotopic (exact) mass is 298 g/mol. The van der Waals surface area contributed by atoms with Gasteiger partial charge in [0.2, 0.25) is 6.23 Å². The minimum Gasteiger partial charge on any atom is -0.465 e. The highest BCUT2D eigenvalue weighted by Gasteiger charge is 2.50. The van der Waals surface area contributed by atoms with Crippen molar-refractivity contribution in [2.24, 2.45) is 17.0 Å². The molecule has 1 aromatic carbocycles. The lowest BCUT2D eigenvalue weighted by Gasteiger charge is -2.17. The fraction of sp³-hybridized carbons (Fsp3) is 0.412. The number of likely N-dealkylation sites (tertiary alicyclic amines) is 1. The molecule has 22 heavy (non-hydrogen) atoms. The van der Waals surface area contributed by atoms with E-state index in [1.807, 2.05) is 31.2 Å². The number of aryl methyl sites for hydroxylation is 1. The molecule has 0 radical (unpaired) electrons. The molecule has 3 atom stereocenters. The Labute approximate surface area is 129 Å². The van der Waals surface area contributed by atoms with Crippen LogP contribution in [-0.4, -0.2) is 34.6 Å². The third kappa shape index (κ3) is 2.52. The van der Waals surface area contributed by atoms with Gasteiger partial charge in [0.15, 0.2) is 0 Å². The van der Waals surface area contributed by atoms with E-state index in [2.05, 4.69) is 23.9 Å². The average Bonchev–Trinajstić information content (AvgIpc) is 3.05. The van der Waals surface area contributed by atoms with Crippen molar-refractivity contribution in [1.29, 1.82) is 0 Å². The number of benzene rings is 1. The van der Waals surface area contributed by atoms with E-state index in [1.54, 1.807) is 0 Å². The maximum absolute atomic E-state index is 11.3. The lowest BCUT2D eigenvalue weighted by Crippen LogP contribution is -2.36. The zero-order valence-electron chi connectivity index (χ0n) is 12.6. The molecule has 5 nitrogen and oxygen atoms in total. The summed E-state index contributed by atoms with van der Waals surface area (Å²) in [5.74, 6) is 6.32. The summed E-state index contributed by atoms with van der Waals surface area (Å²) in [6.07, 6.45) is -0.613. The maximum atomic E-state index is 11.3. The van der Waals surface area contributed by atoms with Crippen LogP contribution in [0.5, 0.6) is 0 Å². The summed E-state index contributed by atoms with van der Waals surface area (Å²) >= 11 is 0. The van der Waals surface area contributed by atoms with Crippen molar-refractivity contribution in [3.8, 4) is 11.8 Å². The van der Waals surface area contributed by atoms with E-state index in [1.165, 1.54) is 4.90 Å². The van der Waals surface area contributed by atoms with E-state index < -0.39 is 12.3 Å². The second-order valence-electron chi connectivity index (χ2n) is 5.72. The Bertz CT molecular complexity index is 687. The Balaban J connectivity index is 1.83. The Morgan fingerprint density at radius 3 is 3.00 bits per heavy atom. The van der Waals surface area contributed by atoms with Gasteiger partial charge in [0, 0.05) is 12.1 Å². The molecule has 3 rings (SSSR count). The van der Waals surface area contributed by atoms with Crippen molar-refractivity contribution >= 4 is 11.8 Å². The third-order valence-corrected chi connectivity index (χ3v) is 4.25. The third-order valence-electron chi connectivity index (χ3n) is 4.25. The van der Waals surface area contributed by atoms with Gasteiger partial charge in [-0.25, -0.2) is 4.79 Å². The second-order valence-corrected chi connectivity index (χ2v) is 5.72. The zero-order chi connectivity index (χ0) is 15.7. The summed E-state index contributed by atoms with van der Waals surface area (Å²) in [6.45, 7) is 4.55. The van der Waals surface area contributed by atoms with Gasteiger partial charge in [0.1, 0.15) is 5.71 Å². The topological polar surface area (TPSA) is 62.1 Å². The number of rotatable bonds is 1. The SMILES string of the molecule is CCC1CN(C(=O)O)C2ON=C(C#Cc3cccc(C)c3)C12. The molecule has 2 heterocycles. The molecule has 1 aromatic rings. The van der Waals surface area contributed by atoms with Gasteiger partial charge in [-0.3, -0.25) is 4.90 Å². The number of amides is 1. The first kappa shape index (κ1) is 14.5. The first-order valence-corrected chi connectivity index (χ1v) is 7.42. The predicted molar refractivity (Wildman–Crippen MR) is 82.4 cm³/mol. The number of hydrogen-bond donors (Lipinski definition) is 1. The Hall–Kier alpha value is -2.48. The van der Waals surface area contributed by atoms with Crippen LogP contribution in [0.2, 0.25) is 0 Å². The molecular formula is C17H18N2O3. The number of carbonyl (C=O) groups is 1. The number of nitrogens with zero attached hydrogens (tertiary/aromatic N) is 2. The van der Waals surface area contributed by atoms with Crippen LogP contribution in [0.4, 0.5) is 4.79 Å². The molecule has 3 unspecified atom stereocenters. The summed E-state index contributed by atoms with van der Waals surface area (Å²) in [4.78, 5) is 17.9. The normalized spacial score (nSPS) is 25.8. The van der Waals surface area contributed by atoms with Crippen molar-refractivity contribution in [3.05, 3.63) is 35.4 Å². The van der Waals surface area contributed by atoms with E-state index in [9.17, 15) is 9.90 Å². The van der Waals surface area contributed by atoms with E-state index >= 15 is 0 Å². The van der Waals surface area contributed by atoms with E-state index in [0.29, 0.717) is 12.3 Å². The molecule has 0 aliphatic carbocycles. The van der Waals surface area contributed by atoms with Crippen LogP contribution >= 0.6 is 0 Å². The summed E-state index contributed by atoms with van der Waals surface area (Å²) in [7, 11) is 0. The van der Waals surface area contributed by atoms with Crippen LogP contribution in [-0.2, 0) is 4.84 Å². The first-order chi connectivity index (χ1) is 10.6. The van der Waals surface area contributed by atoms with Crippen molar-refractivity contribution in [3.63, 3.8) is 0 Å². The molecule has 1 fully saturated rings. The molecule has 0 bridgehead atoms. The largest absolute Gasteiger partial charge is 0.465 e. The van der Waals surface area contributed by atoms with Crippen molar-refractivity contribution < 1.29 is 14.7 Å². The molecule has 1 N–H and O–H groups in total. The Kier molecular flexibility index (Phi) is 3.76. The highest BCUT2D eigenvalue weighted by atomic mass is 16.7. The molecule has 2 aliphatic rings. The van der Waals surface area contributed by atoms with Crippen molar-refractivity contribution in [2.45, 2.75) is 26.5 Å². The highest BCUT2D eigenvalue weighted by molar-refractivity contribution is 6.04. The minimum absolute atomic E-state index is 0.0570. The summed E-state index contributed by atoms with van der Waals surface area (Å²) in [5, 5.41) is 13.3. The number of hydrogen-bond acceptors (Lipinski definition) is 3. The molecule has 1 amide bonds. The second kappa shape index (κ2) is 5.72. The standard InChI is InChI=1S/C17H18N2O3/c1-3-13-10-19(17(20)21)16-15(13)14(18-22-16)8-7-12-6-4-5-11(2)9-12/h4-6,9,13,15-16H,3,10H2,1-2H3,(H,20,21). The molecular weight excluding hydrogens is 280 g/mol. The average molecular weight is 298 g/mol. The molecule has 0 aromatic heterocycles. The van der Waals surface area contributed by atoms with Crippen LogP contribution < -0.4 is 0 Å². The summed E-state index contributed by atoms with van der Waals surface area (Å²) in [6, 6.07) is 7.94. The fourth-order valence-corrected chi connectivity index (χ4v) is 3.08. The molecule has 5 heteroatoms. The number of carboxylic acid groups (broad SMARTS) is 1. The van der Waals surface area contributed by atoms with Crippen LogP contribution in [0.15, 0.2) is 29.4 Å². The minimum atomic E-state index is -0.964. The quantitative estimate of drug-likeness (QED) is 0.811. The van der Waals surface area contributed by atoms with Crippen LogP contribution in [0.25, 0.3) is 0 Å². The molecule has 0 saturated carbocycles. The molecule has 114 valence electrons. The lowest BCUT2D eigenvalue weighted by molar-refractivity contribution is -0.0178. The van der Waals surface area contributed by atoms with Gasteiger partial charge in [-0.2, -0.15) is 0 Å². The molecule has 2 aliphatic heterocycles. The van der Waals surface area contributed by atoms with E-state index in [0.717, 1.165) is 17.5 Å². The van der Waals surface area contributed by atoms with Crippen LogP contribution in [0.3, 0.4) is 0 Å². The summed E-state index contributed by atoms with van der Waals surface area (Å²) in [5.41, 5.74) is 2.73. The maximum Gasteiger partial charge on any atom is 0.410 e. The van der Waals surface area contributed by atoms with E-state index in [-0.39, 0.29) is 11.8 Å². The van der Waals surface area contributed by atoms with Crippen molar-refractivity contribution in [2.75, 3.05) is 6.54 Å². The van der Waals surface area contributed by atoms with Crippen LogP contribution in [0, 0.1) is 30.6 Å². The first-order valence-electron chi connectivity index (χ1n) is 7.42. The zero-order valence-corrected chi connectivity index (χ0v) is 12.6. The fourth-order valence-electron chi connectivity index (χ4n) is 3.08. The van der Waals surface area contributed by atoms with Gasteiger partial charge in [0.25, 0.3) is 0 Å². The van der Waals surface area contributed by atoms with Gasteiger partial charge in [0.05, 0.1) is 5.92 Å². The van der Waals surface area contributed by atoms with Gasteiger partial charge in [-0.1, -0.05) is 36.6 Å². The number of fused-ring (bicyclic) bond motifs is 1. The van der Waals surface area contributed by atoms with Gasteiger partial charge in [-0.05, 0) is 36.5 Å². The molecule has 0 spiro atoms. The lowest BCUT2D eigenvalue weighted by atomic mass is 9.89. The Morgan fingerprint density at radius 1 is 1.50 bits per heavy atom. The summed E-state index contributed by atoms with van der Waals surface area (Å²) < 4.78 is 0. The Morgan fingerprint density at radius 2 is 2.32 bits per heavy atom. The highest BCUT2D eigenvalue weighted by Crippen LogP contribution is 2.37. The number of oxime groups is 1.